The molecule has 0 unspecified atom stereocenters. The maximum atomic E-state index is 12.1. The molecule has 1 heterocycles. The number of fused-ring (bicyclic) bond motifs is 1. The number of aromatic nitrogens is 2. The molecular formula is C12H16N2O. The van der Waals surface area contributed by atoms with E-state index in [-0.39, 0.29) is 11.2 Å². The van der Waals surface area contributed by atoms with Gasteiger partial charge >= 0.3 is 0 Å². The van der Waals surface area contributed by atoms with E-state index in [0.717, 1.165) is 23.4 Å². The number of H-pyrrole nitrogens is 1. The van der Waals surface area contributed by atoms with Crippen molar-refractivity contribution in [3.05, 3.63) is 17.0 Å². The molecule has 1 aromatic heterocycles. The number of Topliss-reactive ketones (excluding diaryl/α,β-unsaturated/α-hetero) is 1. The van der Waals surface area contributed by atoms with Crippen LogP contribution in [-0.2, 0) is 6.42 Å². The van der Waals surface area contributed by atoms with Crippen molar-refractivity contribution in [2.75, 3.05) is 0 Å². The van der Waals surface area contributed by atoms with Gasteiger partial charge in [-0.3, -0.25) is 9.89 Å². The fourth-order valence-electron chi connectivity index (χ4n) is 2.55. The minimum atomic E-state index is 0.0947. The Morgan fingerprint density at radius 3 is 2.73 bits per heavy atom. The second-order valence-corrected chi connectivity index (χ2v) is 5.68. The van der Waals surface area contributed by atoms with Crippen LogP contribution in [0.5, 0.6) is 0 Å². The minimum absolute atomic E-state index is 0.0947. The molecule has 2 aliphatic carbocycles. The van der Waals surface area contributed by atoms with E-state index in [1.54, 1.807) is 0 Å². The fourth-order valence-corrected chi connectivity index (χ4v) is 2.55. The van der Waals surface area contributed by atoms with Gasteiger partial charge in [-0.25, -0.2) is 0 Å². The molecule has 1 N–H and O–H groups in total. The molecule has 0 spiro atoms. The van der Waals surface area contributed by atoms with Gasteiger partial charge in [0.2, 0.25) is 0 Å². The average molecular weight is 204 g/mol. The van der Waals surface area contributed by atoms with Crippen LogP contribution in [0.15, 0.2) is 0 Å². The van der Waals surface area contributed by atoms with E-state index in [0.29, 0.717) is 12.3 Å². The Balaban J connectivity index is 2.06. The number of nitrogens with one attached hydrogen (secondary N) is 1. The predicted octanol–water partition coefficient (Wildman–Crippen LogP) is 2.44. The van der Waals surface area contributed by atoms with Gasteiger partial charge in [-0.2, -0.15) is 5.10 Å². The zero-order valence-corrected chi connectivity index (χ0v) is 9.26. The molecule has 0 saturated heterocycles. The van der Waals surface area contributed by atoms with Crippen molar-refractivity contribution < 1.29 is 4.79 Å². The van der Waals surface area contributed by atoms with Crippen LogP contribution < -0.4 is 0 Å². The maximum Gasteiger partial charge on any atom is 0.167 e. The third-order valence-corrected chi connectivity index (χ3v) is 3.41. The van der Waals surface area contributed by atoms with E-state index >= 15 is 0 Å². The van der Waals surface area contributed by atoms with Crippen molar-refractivity contribution >= 4 is 5.78 Å². The summed E-state index contributed by atoms with van der Waals surface area (Å²) in [4.78, 5) is 12.1. The van der Waals surface area contributed by atoms with E-state index in [9.17, 15) is 4.79 Å². The predicted molar refractivity (Wildman–Crippen MR) is 57.0 cm³/mol. The van der Waals surface area contributed by atoms with Gasteiger partial charge in [-0.05, 0) is 24.7 Å². The minimum Gasteiger partial charge on any atom is -0.294 e. The van der Waals surface area contributed by atoms with E-state index in [1.807, 2.05) is 0 Å². The number of nitrogens with zero attached hydrogens (tertiary/aromatic N) is 1. The molecule has 2 aliphatic rings. The monoisotopic (exact) mass is 204 g/mol. The Morgan fingerprint density at radius 1 is 1.33 bits per heavy atom. The second kappa shape index (κ2) is 2.71. The van der Waals surface area contributed by atoms with E-state index in [2.05, 4.69) is 24.0 Å². The quantitative estimate of drug-likeness (QED) is 0.763. The van der Waals surface area contributed by atoms with Crippen LogP contribution in [0.25, 0.3) is 0 Å². The van der Waals surface area contributed by atoms with Gasteiger partial charge in [0.1, 0.15) is 0 Å². The molecule has 3 nitrogen and oxygen atoms in total. The zero-order chi connectivity index (χ0) is 10.6. The summed E-state index contributed by atoms with van der Waals surface area (Å²) in [6.45, 7) is 4.29. The molecule has 1 fully saturated rings. The lowest BCUT2D eigenvalue weighted by atomic mass is 9.75. The Morgan fingerprint density at radius 2 is 2.07 bits per heavy atom. The van der Waals surface area contributed by atoms with Gasteiger partial charge in [0, 0.05) is 18.0 Å². The highest BCUT2D eigenvalue weighted by Gasteiger charge is 2.38. The van der Waals surface area contributed by atoms with Crippen molar-refractivity contribution in [3.8, 4) is 0 Å². The second-order valence-electron chi connectivity index (χ2n) is 5.68. The summed E-state index contributed by atoms with van der Waals surface area (Å²) in [6, 6.07) is 0. The molecule has 0 bridgehead atoms. The standard InChI is InChI=1S/C12H16N2O/c1-12(2)5-8-10(9(15)6-12)11(14-13-8)7-3-4-7/h7H,3-6H2,1-2H3,(H,13,14). The molecule has 0 atom stereocenters. The molecule has 15 heavy (non-hydrogen) atoms. The van der Waals surface area contributed by atoms with Crippen LogP contribution in [0.2, 0.25) is 0 Å². The molecule has 1 saturated carbocycles. The van der Waals surface area contributed by atoms with Crippen LogP contribution in [0, 0.1) is 5.41 Å². The number of carbonyl (C=O) groups excluding carboxylic acids is 1. The molecule has 0 aliphatic heterocycles. The summed E-state index contributed by atoms with van der Waals surface area (Å²) < 4.78 is 0. The van der Waals surface area contributed by atoms with Crippen molar-refractivity contribution in [2.45, 2.75) is 45.4 Å². The summed E-state index contributed by atoms with van der Waals surface area (Å²) in [5, 5.41) is 7.39. The van der Waals surface area contributed by atoms with Crippen molar-refractivity contribution in [3.63, 3.8) is 0 Å². The molecule has 0 amide bonds. The summed E-state index contributed by atoms with van der Waals surface area (Å²) in [5.74, 6) is 0.854. The molecule has 0 radical (unpaired) electrons. The van der Waals surface area contributed by atoms with E-state index < -0.39 is 0 Å². The zero-order valence-electron chi connectivity index (χ0n) is 9.26. The van der Waals surface area contributed by atoms with Gasteiger partial charge in [0.15, 0.2) is 5.78 Å². The van der Waals surface area contributed by atoms with E-state index in [1.165, 1.54) is 12.8 Å². The van der Waals surface area contributed by atoms with Gasteiger partial charge in [0.05, 0.1) is 11.3 Å². The number of hydrogen-bond donors (Lipinski definition) is 1. The average Bonchev–Trinajstić information content (AvgIpc) is 2.86. The summed E-state index contributed by atoms with van der Waals surface area (Å²) in [5.41, 5.74) is 3.14. The van der Waals surface area contributed by atoms with Crippen LogP contribution in [0.1, 0.15) is 60.8 Å². The Labute approximate surface area is 89.3 Å². The molecular weight excluding hydrogens is 188 g/mol. The van der Waals surface area contributed by atoms with Gasteiger partial charge in [0.25, 0.3) is 0 Å². The number of rotatable bonds is 1. The van der Waals surface area contributed by atoms with Crippen LogP contribution >= 0.6 is 0 Å². The number of carbonyl (C=O) groups is 1. The molecule has 1 aromatic rings. The van der Waals surface area contributed by atoms with Gasteiger partial charge < -0.3 is 0 Å². The van der Waals surface area contributed by atoms with E-state index in [4.69, 9.17) is 0 Å². The van der Waals surface area contributed by atoms with Gasteiger partial charge in [-0.15, -0.1) is 0 Å². The largest absolute Gasteiger partial charge is 0.294 e. The number of ketones is 1. The highest BCUT2D eigenvalue weighted by atomic mass is 16.1. The highest BCUT2D eigenvalue weighted by Crippen LogP contribution is 2.44. The fraction of sp³-hybridized carbons (Fsp3) is 0.667. The first-order valence-corrected chi connectivity index (χ1v) is 5.67. The summed E-state index contributed by atoms with van der Waals surface area (Å²) in [6.07, 6.45) is 4.02. The van der Waals surface area contributed by atoms with Crippen molar-refractivity contribution in [1.82, 2.24) is 10.2 Å². The first kappa shape index (κ1) is 9.13. The lowest BCUT2D eigenvalue weighted by Crippen LogP contribution is -2.27. The van der Waals surface area contributed by atoms with Crippen molar-refractivity contribution in [1.29, 1.82) is 0 Å². The molecule has 0 aromatic carbocycles. The molecule has 3 rings (SSSR count). The molecule has 80 valence electrons. The molecule has 3 heteroatoms. The lowest BCUT2D eigenvalue weighted by molar-refractivity contribution is 0.0911. The topological polar surface area (TPSA) is 45.8 Å². The third kappa shape index (κ3) is 1.41. The number of hydrogen-bond acceptors (Lipinski definition) is 2. The summed E-state index contributed by atoms with van der Waals surface area (Å²) >= 11 is 0. The van der Waals surface area contributed by atoms with Gasteiger partial charge in [-0.1, -0.05) is 13.8 Å². The first-order valence-electron chi connectivity index (χ1n) is 5.67. The maximum absolute atomic E-state index is 12.1. The normalized spacial score (nSPS) is 24.0. The first-order chi connectivity index (χ1) is 7.07. The Hall–Kier alpha value is -1.12. The highest BCUT2D eigenvalue weighted by molar-refractivity contribution is 6.00. The van der Waals surface area contributed by atoms with Crippen molar-refractivity contribution in [2.24, 2.45) is 5.41 Å². The summed E-state index contributed by atoms with van der Waals surface area (Å²) in [7, 11) is 0. The van der Waals surface area contributed by atoms with Crippen LogP contribution in [-0.4, -0.2) is 16.0 Å². The smallest absolute Gasteiger partial charge is 0.167 e. The Bertz CT molecular complexity index is 427. The number of aromatic amines is 1. The third-order valence-electron chi connectivity index (χ3n) is 3.41. The van der Waals surface area contributed by atoms with Crippen LogP contribution in [0.3, 0.4) is 0 Å². The van der Waals surface area contributed by atoms with Crippen LogP contribution in [0.4, 0.5) is 0 Å². The Kier molecular flexibility index (Phi) is 1.65. The lowest BCUT2D eigenvalue weighted by Gasteiger charge is -2.27. The SMILES string of the molecule is CC1(C)CC(=O)c2c(C3CC3)n[nH]c2C1.